The molecule has 98 valence electrons. The summed E-state index contributed by atoms with van der Waals surface area (Å²) < 4.78 is 0. The maximum atomic E-state index is 11.6. The molecule has 1 aliphatic heterocycles. The third-order valence-corrected chi connectivity index (χ3v) is 4.04. The Morgan fingerprint density at radius 1 is 1.20 bits per heavy atom. The molecule has 0 bridgehead atoms. The van der Waals surface area contributed by atoms with Gasteiger partial charge in [-0.05, 0) is 24.3 Å². The quantitative estimate of drug-likeness (QED) is 0.751. The van der Waals surface area contributed by atoms with Gasteiger partial charge in [0.2, 0.25) is 5.91 Å². The first-order valence-electron chi connectivity index (χ1n) is 6.11. The van der Waals surface area contributed by atoms with E-state index in [1.807, 2.05) is 42.5 Å². The number of anilines is 3. The summed E-state index contributed by atoms with van der Waals surface area (Å²) in [6.07, 6.45) is -0.145. The molecule has 0 fully saturated rings. The molecule has 1 amide bonds. The van der Waals surface area contributed by atoms with E-state index in [4.69, 9.17) is 5.26 Å². The lowest BCUT2D eigenvalue weighted by Crippen LogP contribution is -2.12. The van der Waals surface area contributed by atoms with Crippen LogP contribution in [0.4, 0.5) is 17.1 Å². The van der Waals surface area contributed by atoms with Crippen LogP contribution in [-0.4, -0.2) is 5.91 Å². The minimum Gasteiger partial charge on any atom is -0.352 e. The molecular formula is C15H11N3OS. The largest absolute Gasteiger partial charge is 0.352 e. The number of fused-ring (bicyclic) bond motifs is 2. The zero-order chi connectivity index (χ0) is 13.9. The van der Waals surface area contributed by atoms with E-state index in [9.17, 15) is 4.79 Å². The molecule has 0 unspecified atom stereocenters. The van der Waals surface area contributed by atoms with Crippen molar-refractivity contribution in [1.82, 2.24) is 0 Å². The van der Waals surface area contributed by atoms with Crippen molar-refractivity contribution in [3.8, 4) is 6.07 Å². The maximum Gasteiger partial charge on any atom is 0.238 e. The third kappa shape index (κ3) is 2.33. The summed E-state index contributed by atoms with van der Waals surface area (Å²) in [5.41, 5.74) is 2.60. The summed E-state index contributed by atoms with van der Waals surface area (Å²) >= 11 is 1.66. The normalized spacial score (nSPS) is 11.6. The number of nitriles is 1. The molecule has 2 aromatic carbocycles. The molecule has 4 nitrogen and oxygen atoms in total. The Morgan fingerprint density at radius 2 is 2.00 bits per heavy atom. The van der Waals surface area contributed by atoms with E-state index in [0.29, 0.717) is 5.69 Å². The molecule has 1 heterocycles. The first-order valence-corrected chi connectivity index (χ1v) is 6.93. The van der Waals surface area contributed by atoms with Gasteiger partial charge in [-0.1, -0.05) is 30.0 Å². The van der Waals surface area contributed by atoms with Crippen molar-refractivity contribution in [3.05, 3.63) is 42.5 Å². The predicted molar refractivity (Wildman–Crippen MR) is 79.1 cm³/mol. The van der Waals surface area contributed by atoms with Crippen LogP contribution >= 0.6 is 11.8 Å². The molecule has 3 rings (SSSR count). The molecule has 0 aromatic heterocycles. The van der Waals surface area contributed by atoms with Gasteiger partial charge in [0.15, 0.2) is 0 Å². The molecule has 2 N–H and O–H groups in total. The molecule has 0 spiro atoms. The lowest BCUT2D eigenvalue weighted by atomic mass is 10.2. The Kier molecular flexibility index (Phi) is 3.32. The molecule has 20 heavy (non-hydrogen) atoms. The number of amides is 1. The number of nitrogens with zero attached hydrogens (tertiary/aromatic N) is 1. The smallest absolute Gasteiger partial charge is 0.238 e. The number of hydrogen-bond acceptors (Lipinski definition) is 4. The average molecular weight is 281 g/mol. The van der Waals surface area contributed by atoms with Crippen molar-refractivity contribution in [2.45, 2.75) is 16.2 Å². The van der Waals surface area contributed by atoms with Gasteiger partial charge in [-0.2, -0.15) is 5.26 Å². The van der Waals surface area contributed by atoms with Crippen LogP contribution in [0.2, 0.25) is 0 Å². The lowest BCUT2D eigenvalue weighted by Gasteiger charge is -2.23. The van der Waals surface area contributed by atoms with Gasteiger partial charge in [-0.3, -0.25) is 4.79 Å². The van der Waals surface area contributed by atoms with Crippen molar-refractivity contribution in [2.24, 2.45) is 0 Å². The van der Waals surface area contributed by atoms with E-state index >= 15 is 0 Å². The zero-order valence-electron chi connectivity index (χ0n) is 10.5. The number of para-hydroxylation sites is 2. The number of nitrogens with one attached hydrogen (secondary N) is 2. The fraction of sp³-hybridized carbons (Fsp3) is 0.0667. The highest BCUT2D eigenvalue weighted by molar-refractivity contribution is 7.99. The summed E-state index contributed by atoms with van der Waals surface area (Å²) in [5, 5.41) is 14.7. The number of rotatable bonds is 2. The summed E-state index contributed by atoms with van der Waals surface area (Å²) in [6.45, 7) is 0. The van der Waals surface area contributed by atoms with Crippen LogP contribution in [-0.2, 0) is 4.79 Å². The van der Waals surface area contributed by atoms with Crippen LogP contribution < -0.4 is 10.6 Å². The van der Waals surface area contributed by atoms with Crippen molar-refractivity contribution in [2.75, 3.05) is 10.6 Å². The summed E-state index contributed by atoms with van der Waals surface area (Å²) in [5.74, 6) is -0.299. The lowest BCUT2D eigenvalue weighted by molar-refractivity contribution is -0.115. The van der Waals surface area contributed by atoms with Crippen LogP contribution in [0.3, 0.4) is 0 Å². The fourth-order valence-electron chi connectivity index (χ4n) is 2.03. The van der Waals surface area contributed by atoms with Crippen molar-refractivity contribution >= 4 is 34.7 Å². The Labute approximate surface area is 120 Å². The van der Waals surface area contributed by atoms with Crippen LogP contribution in [0, 0.1) is 11.3 Å². The zero-order valence-corrected chi connectivity index (χ0v) is 11.3. The predicted octanol–water partition coefficient (Wildman–Crippen LogP) is 3.75. The van der Waals surface area contributed by atoms with Crippen molar-refractivity contribution in [3.63, 3.8) is 0 Å². The standard InChI is InChI=1S/C15H11N3OS/c16-9-8-14(19)17-11-5-3-7-13-15(11)18-10-4-1-2-6-12(10)20-13/h1-7,18H,8H2,(H,17,19). The molecular weight excluding hydrogens is 270 g/mol. The van der Waals surface area contributed by atoms with Gasteiger partial charge in [-0.15, -0.1) is 0 Å². The Bertz CT molecular complexity index is 721. The van der Waals surface area contributed by atoms with Crippen LogP contribution in [0.1, 0.15) is 6.42 Å². The highest BCUT2D eigenvalue weighted by Crippen LogP contribution is 2.46. The van der Waals surface area contributed by atoms with Crippen molar-refractivity contribution in [1.29, 1.82) is 5.26 Å². The van der Waals surface area contributed by atoms with Gasteiger partial charge in [0.25, 0.3) is 0 Å². The monoisotopic (exact) mass is 281 g/mol. The Balaban J connectivity index is 1.94. The van der Waals surface area contributed by atoms with E-state index in [1.54, 1.807) is 11.8 Å². The van der Waals surface area contributed by atoms with Crippen LogP contribution in [0.25, 0.3) is 0 Å². The van der Waals surface area contributed by atoms with Gasteiger partial charge < -0.3 is 10.6 Å². The van der Waals surface area contributed by atoms with Gasteiger partial charge in [-0.25, -0.2) is 0 Å². The first kappa shape index (κ1) is 12.6. The fourth-order valence-corrected chi connectivity index (χ4v) is 3.05. The van der Waals surface area contributed by atoms with E-state index in [-0.39, 0.29) is 12.3 Å². The Hall–Kier alpha value is -2.45. The van der Waals surface area contributed by atoms with Gasteiger partial charge in [0, 0.05) is 9.79 Å². The molecule has 0 saturated carbocycles. The second kappa shape index (κ2) is 5.27. The summed E-state index contributed by atoms with van der Waals surface area (Å²) in [7, 11) is 0. The SMILES string of the molecule is N#CCC(=O)Nc1cccc2c1Nc1ccccc1S2. The highest BCUT2D eigenvalue weighted by atomic mass is 32.2. The number of benzene rings is 2. The number of carbonyl (C=O) groups excluding carboxylic acids is 1. The van der Waals surface area contributed by atoms with E-state index in [0.717, 1.165) is 21.2 Å². The molecule has 1 aliphatic rings. The molecule has 0 radical (unpaired) electrons. The second-order valence-corrected chi connectivity index (χ2v) is 5.37. The summed E-state index contributed by atoms with van der Waals surface area (Å²) in [6, 6.07) is 15.6. The summed E-state index contributed by atoms with van der Waals surface area (Å²) in [4.78, 5) is 13.8. The van der Waals surface area contributed by atoms with Crippen molar-refractivity contribution < 1.29 is 4.79 Å². The maximum absolute atomic E-state index is 11.6. The molecule has 5 heteroatoms. The molecule has 0 saturated heterocycles. The van der Waals surface area contributed by atoms with E-state index < -0.39 is 0 Å². The topological polar surface area (TPSA) is 64.9 Å². The minimum absolute atomic E-state index is 0.145. The molecule has 2 aromatic rings. The van der Waals surface area contributed by atoms with E-state index in [1.165, 1.54) is 0 Å². The minimum atomic E-state index is -0.299. The third-order valence-electron chi connectivity index (χ3n) is 2.91. The van der Waals surface area contributed by atoms with Gasteiger partial charge in [0.05, 0.1) is 23.1 Å². The van der Waals surface area contributed by atoms with Crippen LogP contribution in [0.5, 0.6) is 0 Å². The second-order valence-electron chi connectivity index (χ2n) is 4.28. The Morgan fingerprint density at radius 3 is 2.85 bits per heavy atom. The molecule has 0 aliphatic carbocycles. The average Bonchev–Trinajstić information content (AvgIpc) is 2.46. The van der Waals surface area contributed by atoms with Gasteiger partial charge >= 0.3 is 0 Å². The first-order chi connectivity index (χ1) is 9.78. The number of carbonyl (C=O) groups is 1. The number of hydrogen-bond donors (Lipinski definition) is 2. The van der Waals surface area contributed by atoms with Crippen LogP contribution in [0.15, 0.2) is 52.3 Å². The van der Waals surface area contributed by atoms with E-state index in [2.05, 4.69) is 16.7 Å². The van der Waals surface area contributed by atoms with Gasteiger partial charge in [0.1, 0.15) is 6.42 Å². The highest BCUT2D eigenvalue weighted by Gasteiger charge is 2.18. The molecule has 0 atom stereocenters.